The molecule has 3 rings (SSSR count). The Labute approximate surface area is 137 Å². The lowest BCUT2D eigenvalue weighted by Gasteiger charge is -2.02. The van der Waals surface area contributed by atoms with Crippen LogP contribution in [-0.2, 0) is 6.42 Å². The largest absolute Gasteiger partial charge is 0.497 e. The summed E-state index contributed by atoms with van der Waals surface area (Å²) in [6, 6.07) is 13.3. The highest BCUT2D eigenvalue weighted by atomic mass is 19.1. The number of oxazole rings is 1. The molecule has 0 aliphatic carbocycles. The summed E-state index contributed by atoms with van der Waals surface area (Å²) in [6.45, 7) is 0. The Balaban J connectivity index is 1.98. The van der Waals surface area contributed by atoms with Gasteiger partial charge in [0.25, 0.3) is 5.91 Å². The molecule has 122 valence electrons. The van der Waals surface area contributed by atoms with E-state index in [9.17, 15) is 9.18 Å². The van der Waals surface area contributed by atoms with Crippen LogP contribution in [0, 0.1) is 5.82 Å². The van der Waals surface area contributed by atoms with Gasteiger partial charge >= 0.3 is 0 Å². The Morgan fingerprint density at radius 3 is 2.54 bits per heavy atom. The molecule has 2 N–H and O–H groups in total. The van der Waals surface area contributed by atoms with Crippen molar-refractivity contribution in [2.24, 2.45) is 5.73 Å². The number of carbonyl (C=O) groups is 1. The van der Waals surface area contributed by atoms with Crippen LogP contribution in [0.15, 0.2) is 52.9 Å². The fourth-order valence-corrected chi connectivity index (χ4v) is 2.35. The van der Waals surface area contributed by atoms with Gasteiger partial charge in [-0.2, -0.15) is 0 Å². The van der Waals surface area contributed by atoms with Crippen LogP contribution >= 0.6 is 0 Å². The summed E-state index contributed by atoms with van der Waals surface area (Å²) >= 11 is 0. The number of benzene rings is 2. The van der Waals surface area contributed by atoms with Crippen LogP contribution in [0.2, 0.25) is 0 Å². The molecule has 24 heavy (non-hydrogen) atoms. The molecule has 0 aliphatic heterocycles. The minimum atomic E-state index is -0.704. The van der Waals surface area contributed by atoms with Crippen LogP contribution < -0.4 is 10.5 Å². The summed E-state index contributed by atoms with van der Waals surface area (Å²) in [5.74, 6) is 0.0911. The van der Waals surface area contributed by atoms with Gasteiger partial charge in [0.15, 0.2) is 17.3 Å². The lowest BCUT2D eigenvalue weighted by atomic mass is 10.1. The molecule has 1 heterocycles. The molecule has 0 radical (unpaired) electrons. The van der Waals surface area contributed by atoms with Gasteiger partial charge in [0.2, 0.25) is 0 Å². The van der Waals surface area contributed by atoms with E-state index < -0.39 is 5.91 Å². The van der Waals surface area contributed by atoms with E-state index in [0.717, 1.165) is 0 Å². The molecular formula is C18H15FN2O3. The second-order valence-electron chi connectivity index (χ2n) is 5.15. The molecule has 0 saturated heterocycles. The van der Waals surface area contributed by atoms with Crippen molar-refractivity contribution < 1.29 is 18.3 Å². The van der Waals surface area contributed by atoms with Gasteiger partial charge in [0, 0.05) is 5.56 Å². The number of primary amides is 1. The highest BCUT2D eigenvalue weighted by Crippen LogP contribution is 2.28. The van der Waals surface area contributed by atoms with E-state index >= 15 is 0 Å². The molecule has 0 unspecified atom stereocenters. The first kappa shape index (κ1) is 15.7. The molecule has 2 aromatic carbocycles. The van der Waals surface area contributed by atoms with E-state index in [1.54, 1.807) is 49.6 Å². The number of hydrogen-bond acceptors (Lipinski definition) is 4. The maximum atomic E-state index is 13.8. The summed E-state index contributed by atoms with van der Waals surface area (Å²) in [5, 5.41) is 0. The van der Waals surface area contributed by atoms with E-state index in [4.69, 9.17) is 14.9 Å². The predicted molar refractivity (Wildman–Crippen MR) is 86.2 cm³/mol. The first-order valence-electron chi connectivity index (χ1n) is 7.26. The number of nitrogens with two attached hydrogens (primary N) is 1. The highest BCUT2D eigenvalue weighted by molar-refractivity contribution is 5.96. The Morgan fingerprint density at radius 2 is 1.92 bits per heavy atom. The molecule has 6 heteroatoms. The smallest absolute Gasteiger partial charge is 0.271 e. The first-order chi connectivity index (χ1) is 11.6. The topological polar surface area (TPSA) is 78.3 Å². The fraction of sp³-hybridized carbons (Fsp3) is 0.111. The van der Waals surface area contributed by atoms with Gasteiger partial charge in [0.05, 0.1) is 13.5 Å². The zero-order chi connectivity index (χ0) is 17.1. The molecule has 0 aliphatic rings. The number of hydrogen-bond donors (Lipinski definition) is 1. The fourth-order valence-electron chi connectivity index (χ4n) is 2.35. The van der Waals surface area contributed by atoms with Crippen molar-refractivity contribution in [2.75, 3.05) is 7.11 Å². The number of halogens is 1. The minimum absolute atomic E-state index is 0.0199. The first-order valence-corrected chi connectivity index (χ1v) is 7.26. The quantitative estimate of drug-likeness (QED) is 0.781. The van der Waals surface area contributed by atoms with Crippen LogP contribution in [0.25, 0.3) is 11.3 Å². The van der Waals surface area contributed by atoms with Gasteiger partial charge in [-0.05, 0) is 35.9 Å². The number of carbonyl (C=O) groups excluding carboxylic acids is 1. The van der Waals surface area contributed by atoms with Gasteiger partial charge in [-0.15, -0.1) is 0 Å². The Morgan fingerprint density at radius 1 is 1.21 bits per heavy atom. The number of amides is 1. The predicted octanol–water partition coefficient (Wildman–Crippen LogP) is 3.18. The summed E-state index contributed by atoms with van der Waals surface area (Å²) in [7, 11) is 1.56. The molecule has 1 aromatic heterocycles. The van der Waals surface area contributed by atoms with Gasteiger partial charge in [-0.3, -0.25) is 4.79 Å². The standard InChI is InChI=1S/C18H15FN2O3/c1-23-13-8-6-11(7-9-13)17-16(18(20)22)21-15(24-17)10-12-4-2-3-5-14(12)19/h2-9H,10H2,1H3,(H2,20,22). The van der Waals surface area contributed by atoms with Crippen molar-refractivity contribution in [1.82, 2.24) is 4.98 Å². The van der Waals surface area contributed by atoms with Crippen LogP contribution in [0.5, 0.6) is 5.75 Å². The molecule has 0 fully saturated rings. The van der Waals surface area contributed by atoms with E-state index in [2.05, 4.69) is 4.98 Å². The average Bonchev–Trinajstić information content (AvgIpc) is 3.01. The Bertz CT molecular complexity index is 872. The van der Waals surface area contributed by atoms with Gasteiger partial charge < -0.3 is 14.9 Å². The van der Waals surface area contributed by atoms with Crippen LogP contribution in [-0.4, -0.2) is 18.0 Å². The summed E-state index contributed by atoms with van der Waals surface area (Å²) < 4.78 is 24.5. The third kappa shape index (κ3) is 3.12. The number of rotatable bonds is 5. The minimum Gasteiger partial charge on any atom is -0.497 e. The average molecular weight is 326 g/mol. The molecule has 0 saturated carbocycles. The maximum Gasteiger partial charge on any atom is 0.271 e. The maximum absolute atomic E-state index is 13.8. The number of ether oxygens (including phenoxy) is 1. The highest BCUT2D eigenvalue weighted by Gasteiger charge is 2.20. The molecule has 1 amide bonds. The Kier molecular flexibility index (Phi) is 4.29. The van der Waals surface area contributed by atoms with Crippen molar-refractivity contribution in [3.8, 4) is 17.1 Å². The second-order valence-corrected chi connectivity index (χ2v) is 5.15. The van der Waals surface area contributed by atoms with Gasteiger partial charge in [-0.25, -0.2) is 9.37 Å². The number of nitrogens with zero attached hydrogens (tertiary/aromatic N) is 1. The zero-order valence-corrected chi connectivity index (χ0v) is 13.0. The number of aromatic nitrogens is 1. The molecule has 3 aromatic rings. The summed E-state index contributed by atoms with van der Waals surface area (Å²) in [4.78, 5) is 15.8. The molecule has 0 bridgehead atoms. The van der Waals surface area contributed by atoms with Crippen LogP contribution in [0.1, 0.15) is 21.9 Å². The van der Waals surface area contributed by atoms with Crippen molar-refractivity contribution in [1.29, 1.82) is 0 Å². The van der Waals surface area contributed by atoms with Crippen LogP contribution in [0.4, 0.5) is 4.39 Å². The van der Waals surface area contributed by atoms with Gasteiger partial charge in [0.1, 0.15) is 11.6 Å². The van der Waals surface area contributed by atoms with Crippen molar-refractivity contribution in [2.45, 2.75) is 6.42 Å². The lowest BCUT2D eigenvalue weighted by molar-refractivity contribution is 0.0996. The lowest BCUT2D eigenvalue weighted by Crippen LogP contribution is -2.12. The normalized spacial score (nSPS) is 10.6. The monoisotopic (exact) mass is 326 g/mol. The van der Waals surface area contributed by atoms with E-state index in [1.165, 1.54) is 6.07 Å². The van der Waals surface area contributed by atoms with E-state index in [1.807, 2.05) is 0 Å². The summed E-state index contributed by atoms with van der Waals surface area (Å²) in [5.41, 5.74) is 6.47. The van der Waals surface area contributed by atoms with Crippen LogP contribution in [0.3, 0.4) is 0 Å². The molecule has 5 nitrogen and oxygen atoms in total. The number of methoxy groups -OCH3 is 1. The van der Waals surface area contributed by atoms with E-state index in [0.29, 0.717) is 16.9 Å². The molecule has 0 atom stereocenters. The SMILES string of the molecule is COc1ccc(-c2oc(Cc3ccccc3F)nc2C(N)=O)cc1. The third-order valence-corrected chi connectivity index (χ3v) is 3.56. The van der Waals surface area contributed by atoms with Crippen molar-refractivity contribution in [3.05, 3.63) is 71.5 Å². The zero-order valence-electron chi connectivity index (χ0n) is 13.0. The van der Waals surface area contributed by atoms with Crippen molar-refractivity contribution in [3.63, 3.8) is 0 Å². The molecule has 0 spiro atoms. The third-order valence-electron chi connectivity index (χ3n) is 3.56. The Hall–Kier alpha value is -3.15. The van der Waals surface area contributed by atoms with E-state index in [-0.39, 0.29) is 29.6 Å². The summed E-state index contributed by atoms with van der Waals surface area (Å²) in [6.07, 6.45) is 0.128. The second kappa shape index (κ2) is 6.54. The van der Waals surface area contributed by atoms with Crippen molar-refractivity contribution >= 4 is 5.91 Å². The molecular weight excluding hydrogens is 311 g/mol. The van der Waals surface area contributed by atoms with Gasteiger partial charge in [-0.1, -0.05) is 18.2 Å².